The summed E-state index contributed by atoms with van der Waals surface area (Å²) in [6, 6.07) is 0. The molecule has 0 aromatic heterocycles. The third-order valence-electron chi connectivity index (χ3n) is 4.17. The van der Waals surface area contributed by atoms with Crippen LogP contribution in [0.15, 0.2) is 0 Å². The molecule has 4 heteroatoms. The topological polar surface area (TPSA) is 54.4 Å². The fourth-order valence-electron chi connectivity index (χ4n) is 3.59. The lowest BCUT2D eigenvalue weighted by atomic mass is 9.71. The monoisotopic (exact) mass is 276 g/mol. The van der Waals surface area contributed by atoms with Gasteiger partial charge in [-0.05, 0) is 43.4 Å². The second-order valence-corrected chi connectivity index (χ2v) is 8.47. The quantitative estimate of drug-likeness (QED) is 0.775. The standard InChI is InChI=1S/C14H28O3S/c1-11(2)9-13-7-5-6-8-14(13,10-12(3)4)18(15,16)17/h11-13H,5-10H2,1-4H3,(H,15,16,17). The van der Waals surface area contributed by atoms with Crippen LogP contribution >= 0.6 is 0 Å². The zero-order valence-corrected chi connectivity index (χ0v) is 13.0. The second kappa shape index (κ2) is 5.91. The Morgan fingerprint density at radius 2 is 1.78 bits per heavy atom. The largest absolute Gasteiger partial charge is 0.285 e. The summed E-state index contributed by atoms with van der Waals surface area (Å²) in [5.74, 6) is 0.879. The second-order valence-electron chi connectivity index (χ2n) is 6.71. The van der Waals surface area contributed by atoms with Crippen molar-refractivity contribution >= 4 is 10.1 Å². The molecule has 0 spiro atoms. The van der Waals surface area contributed by atoms with Crippen LogP contribution in [0.5, 0.6) is 0 Å². The Balaban J connectivity index is 3.10. The fourth-order valence-corrected chi connectivity index (χ4v) is 5.17. The van der Waals surface area contributed by atoms with Crippen LogP contribution in [0, 0.1) is 17.8 Å². The predicted octanol–water partition coefficient (Wildman–Crippen LogP) is 3.90. The van der Waals surface area contributed by atoms with Crippen LogP contribution in [-0.4, -0.2) is 17.7 Å². The maximum Gasteiger partial charge on any atom is 0.270 e. The van der Waals surface area contributed by atoms with E-state index in [1.54, 1.807) is 0 Å². The molecule has 18 heavy (non-hydrogen) atoms. The molecule has 1 aliphatic carbocycles. The number of hydrogen-bond donors (Lipinski definition) is 1. The smallest absolute Gasteiger partial charge is 0.270 e. The molecule has 0 radical (unpaired) electrons. The van der Waals surface area contributed by atoms with Crippen molar-refractivity contribution < 1.29 is 13.0 Å². The van der Waals surface area contributed by atoms with Crippen molar-refractivity contribution in [3.63, 3.8) is 0 Å². The first-order chi connectivity index (χ1) is 8.19. The lowest BCUT2D eigenvalue weighted by molar-refractivity contribution is 0.187. The lowest BCUT2D eigenvalue weighted by Gasteiger charge is -2.43. The minimum atomic E-state index is -3.98. The van der Waals surface area contributed by atoms with Gasteiger partial charge in [0.2, 0.25) is 0 Å². The number of rotatable bonds is 5. The zero-order valence-electron chi connectivity index (χ0n) is 12.1. The molecule has 1 aliphatic rings. The van der Waals surface area contributed by atoms with Crippen LogP contribution in [0.25, 0.3) is 0 Å². The molecule has 1 rings (SSSR count). The normalized spacial score (nSPS) is 30.1. The van der Waals surface area contributed by atoms with E-state index in [9.17, 15) is 13.0 Å². The SMILES string of the molecule is CC(C)CC1CCCCC1(CC(C)C)S(=O)(=O)O. The maximum atomic E-state index is 12.0. The highest BCUT2D eigenvalue weighted by atomic mass is 32.2. The van der Waals surface area contributed by atoms with Gasteiger partial charge in [-0.1, -0.05) is 40.5 Å². The molecular formula is C14H28O3S. The van der Waals surface area contributed by atoms with Crippen LogP contribution < -0.4 is 0 Å². The van der Waals surface area contributed by atoms with Crippen molar-refractivity contribution in [2.75, 3.05) is 0 Å². The average Bonchev–Trinajstić information content (AvgIpc) is 2.17. The molecule has 0 amide bonds. The fraction of sp³-hybridized carbons (Fsp3) is 1.00. The molecule has 1 saturated carbocycles. The Morgan fingerprint density at radius 1 is 1.17 bits per heavy atom. The molecule has 0 aromatic carbocycles. The molecule has 0 heterocycles. The van der Waals surface area contributed by atoms with Gasteiger partial charge >= 0.3 is 0 Å². The summed E-state index contributed by atoms with van der Waals surface area (Å²) in [4.78, 5) is 0. The van der Waals surface area contributed by atoms with E-state index in [1.165, 1.54) is 0 Å². The van der Waals surface area contributed by atoms with E-state index in [1.807, 2.05) is 13.8 Å². The summed E-state index contributed by atoms with van der Waals surface area (Å²) in [5, 5.41) is 0. The maximum absolute atomic E-state index is 12.0. The van der Waals surface area contributed by atoms with Crippen molar-refractivity contribution in [2.45, 2.75) is 71.0 Å². The molecule has 0 aromatic rings. The Hall–Kier alpha value is -0.0900. The summed E-state index contributed by atoms with van der Waals surface area (Å²) >= 11 is 0. The highest BCUT2D eigenvalue weighted by Gasteiger charge is 2.50. The van der Waals surface area contributed by atoms with Crippen molar-refractivity contribution in [3.8, 4) is 0 Å². The van der Waals surface area contributed by atoms with Gasteiger partial charge in [-0.2, -0.15) is 8.42 Å². The number of hydrogen-bond acceptors (Lipinski definition) is 2. The molecule has 108 valence electrons. The van der Waals surface area contributed by atoms with E-state index in [4.69, 9.17) is 0 Å². The van der Waals surface area contributed by atoms with Gasteiger partial charge in [0.25, 0.3) is 10.1 Å². The minimum Gasteiger partial charge on any atom is -0.285 e. The molecule has 0 aliphatic heterocycles. The lowest BCUT2D eigenvalue weighted by Crippen LogP contribution is -2.49. The first-order valence-electron chi connectivity index (χ1n) is 7.16. The molecule has 3 nitrogen and oxygen atoms in total. The van der Waals surface area contributed by atoms with E-state index in [-0.39, 0.29) is 5.92 Å². The Morgan fingerprint density at radius 3 is 2.22 bits per heavy atom. The minimum absolute atomic E-state index is 0.114. The summed E-state index contributed by atoms with van der Waals surface area (Å²) < 4.78 is 32.9. The Bertz CT molecular complexity index is 359. The first-order valence-corrected chi connectivity index (χ1v) is 8.60. The van der Waals surface area contributed by atoms with Gasteiger partial charge in [0, 0.05) is 0 Å². The van der Waals surface area contributed by atoms with Crippen LogP contribution in [0.2, 0.25) is 0 Å². The first kappa shape index (κ1) is 16.0. The Labute approximate surface area is 112 Å². The summed E-state index contributed by atoms with van der Waals surface area (Å²) in [6.07, 6.45) is 5.05. The van der Waals surface area contributed by atoms with Crippen LogP contribution in [0.1, 0.15) is 66.2 Å². The highest BCUT2D eigenvalue weighted by molar-refractivity contribution is 7.87. The van der Waals surface area contributed by atoms with Crippen molar-refractivity contribution in [2.24, 2.45) is 17.8 Å². The summed E-state index contributed by atoms with van der Waals surface area (Å²) in [5.41, 5.74) is 0. The molecule has 2 unspecified atom stereocenters. The van der Waals surface area contributed by atoms with Gasteiger partial charge in [-0.3, -0.25) is 4.55 Å². The van der Waals surface area contributed by atoms with Gasteiger partial charge in [0.05, 0.1) is 0 Å². The molecule has 1 N–H and O–H groups in total. The van der Waals surface area contributed by atoms with Crippen molar-refractivity contribution in [1.82, 2.24) is 0 Å². The summed E-state index contributed by atoms with van der Waals surface area (Å²) in [7, 11) is -3.98. The molecule has 0 bridgehead atoms. The average molecular weight is 276 g/mol. The Kier molecular flexibility index (Phi) is 5.24. The van der Waals surface area contributed by atoms with Gasteiger partial charge < -0.3 is 0 Å². The van der Waals surface area contributed by atoms with E-state index in [0.717, 1.165) is 25.7 Å². The molecule has 2 atom stereocenters. The van der Waals surface area contributed by atoms with E-state index < -0.39 is 14.9 Å². The van der Waals surface area contributed by atoms with E-state index in [0.29, 0.717) is 24.7 Å². The van der Waals surface area contributed by atoms with E-state index >= 15 is 0 Å². The third kappa shape index (κ3) is 3.47. The highest BCUT2D eigenvalue weighted by Crippen LogP contribution is 2.46. The van der Waals surface area contributed by atoms with E-state index in [2.05, 4.69) is 13.8 Å². The zero-order chi connectivity index (χ0) is 14.0. The van der Waals surface area contributed by atoms with Gasteiger partial charge in [-0.25, -0.2) is 0 Å². The van der Waals surface area contributed by atoms with Gasteiger partial charge in [-0.15, -0.1) is 0 Å². The summed E-state index contributed by atoms with van der Waals surface area (Å²) in [6.45, 7) is 8.32. The third-order valence-corrected chi connectivity index (χ3v) is 5.90. The van der Waals surface area contributed by atoms with Gasteiger partial charge in [0.15, 0.2) is 0 Å². The molecule has 0 saturated heterocycles. The van der Waals surface area contributed by atoms with Crippen LogP contribution in [0.3, 0.4) is 0 Å². The van der Waals surface area contributed by atoms with Crippen LogP contribution in [0.4, 0.5) is 0 Å². The van der Waals surface area contributed by atoms with Crippen molar-refractivity contribution in [3.05, 3.63) is 0 Å². The van der Waals surface area contributed by atoms with Gasteiger partial charge in [0.1, 0.15) is 4.75 Å². The molecule has 1 fully saturated rings. The van der Waals surface area contributed by atoms with Crippen molar-refractivity contribution in [1.29, 1.82) is 0 Å². The van der Waals surface area contributed by atoms with Crippen LogP contribution in [-0.2, 0) is 10.1 Å². The molecular weight excluding hydrogens is 248 g/mol. The predicted molar refractivity (Wildman–Crippen MR) is 75.1 cm³/mol.